The van der Waals surface area contributed by atoms with E-state index < -0.39 is 0 Å². The zero-order chi connectivity index (χ0) is 12.7. The van der Waals surface area contributed by atoms with Crippen molar-refractivity contribution in [1.82, 2.24) is 0 Å². The molecule has 0 saturated carbocycles. The van der Waals surface area contributed by atoms with Gasteiger partial charge < -0.3 is 0 Å². The van der Waals surface area contributed by atoms with Crippen LogP contribution < -0.4 is 0 Å². The molecule has 0 fully saturated rings. The molecule has 0 aromatic heterocycles. The van der Waals surface area contributed by atoms with Crippen LogP contribution in [-0.2, 0) is 6.42 Å². The van der Waals surface area contributed by atoms with E-state index in [1.165, 1.54) is 5.56 Å². The molecule has 0 aliphatic carbocycles. The standard InChI is InChI=1S/C14H17BrClN/c1-11(2)9-13(15)10-17-8-7-12-3-5-14(16)6-4-12/h3-6,9-11H,7-8H2,1-2H3/b13-9+,17-10-. The monoisotopic (exact) mass is 313 g/mol. The molecule has 0 unspecified atom stereocenters. The summed E-state index contributed by atoms with van der Waals surface area (Å²) in [5.41, 5.74) is 1.26. The molecule has 0 aliphatic heterocycles. The lowest BCUT2D eigenvalue weighted by Crippen LogP contribution is -1.90. The van der Waals surface area contributed by atoms with Gasteiger partial charge in [0.1, 0.15) is 0 Å². The van der Waals surface area contributed by atoms with Crippen LogP contribution in [0.1, 0.15) is 19.4 Å². The van der Waals surface area contributed by atoms with Gasteiger partial charge in [0.05, 0.1) is 0 Å². The number of hydrogen-bond donors (Lipinski definition) is 0. The van der Waals surface area contributed by atoms with E-state index in [-0.39, 0.29) is 0 Å². The highest BCUT2D eigenvalue weighted by Gasteiger charge is 1.93. The van der Waals surface area contributed by atoms with Crippen molar-refractivity contribution in [2.24, 2.45) is 10.9 Å². The Balaban J connectivity index is 2.37. The minimum absolute atomic E-state index is 0.534. The molecule has 0 bridgehead atoms. The Morgan fingerprint density at radius 3 is 2.59 bits per heavy atom. The van der Waals surface area contributed by atoms with Crippen LogP contribution in [-0.4, -0.2) is 12.8 Å². The molecular weight excluding hydrogens is 298 g/mol. The summed E-state index contributed by atoms with van der Waals surface area (Å²) in [6.07, 6.45) is 4.94. The Labute approximate surface area is 117 Å². The van der Waals surface area contributed by atoms with E-state index in [2.05, 4.69) is 40.8 Å². The minimum atomic E-state index is 0.534. The number of halogens is 2. The summed E-state index contributed by atoms with van der Waals surface area (Å²) in [6.45, 7) is 5.08. The Kier molecular flexibility index (Phi) is 6.53. The zero-order valence-electron chi connectivity index (χ0n) is 10.2. The van der Waals surface area contributed by atoms with Gasteiger partial charge in [-0.15, -0.1) is 0 Å². The second kappa shape index (κ2) is 7.67. The van der Waals surface area contributed by atoms with Gasteiger partial charge in [0.15, 0.2) is 0 Å². The maximum Gasteiger partial charge on any atom is 0.0430 e. The summed E-state index contributed by atoms with van der Waals surface area (Å²) < 4.78 is 1.05. The van der Waals surface area contributed by atoms with Gasteiger partial charge in [0, 0.05) is 22.3 Å². The average Bonchev–Trinajstić information content (AvgIpc) is 2.26. The van der Waals surface area contributed by atoms with Gasteiger partial charge >= 0.3 is 0 Å². The number of benzene rings is 1. The van der Waals surface area contributed by atoms with E-state index in [4.69, 9.17) is 11.6 Å². The van der Waals surface area contributed by atoms with Gasteiger partial charge in [-0.1, -0.05) is 43.7 Å². The first-order valence-electron chi connectivity index (χ1n) is 5.69. The van der Waals surface area contributed by atoms with Gasteiger partial charge in [0.25, 0.3) is 0 Å². The lowest BCUT2D eigenvalue weighted by molar-refractivity contribution is 0.832. The van der Waals surface area contributed by atoms with Crippen LogP contribution in [0.15, 0.2) is 39.8 Å². The third-order valence-electron chi connectivity index (χ3n) is 2.15. The van der Waals surface area contributed by atoms with E-state index in [0.29, 0.717) is 5.92 Å². The molecule has 1 nitrogen and oxygen atoms in total. The molecular formula is C14H17BrClN. The van der Waals surface area contributed by atoms with Crippen molar-refractivity contribution < 1.29 is 0 Å². The summed E-state index contributed by atoms with van der Waals surface area (Å²) in [7, 11) is 0. The number of hydrogen-bond acceptors (Lipinski definition) is 1. The molecule has 3 heteroatoms. The maximum atomic E-state index is 5.82. The fourth-order valence-electron chi connectivity index (χ4n) is 1.36. The average molecular weight is 315 g/mol. The Bertz CT molecular complexity index is 393. The molecule has 17 heavy (non-hydrogen) atoms. The smallest absolute Gasteiger partial charge is 0.0430 e. The van der Waals surface area contributed by atoms with Crippen LogP contribution in [0.25, 0.3) is 0 Å². The quantitative estimate of drug-likeness (QED) is 0.686. The van der Waals surface area contributed by atoms with Crippen molar-refractivity contribution in [2.75, 3.05) is 6.54 Å². The molecule has 0 aliphatic rings. The van der Waals surface area contributed by atoms with E-state index in [1.807, 2.05) is 30.5 Å². The van der Waals surface area contributed by atoms with Gasteiger partial charge in [-0.2, -0.15) is 0 Å². The third kappa shape index (κ3) is 6.64. The molecule has 0 N–H and O–H groups in total. The van der Waals surface area contributed by atoms with Crippen LogP contribution in [0.2, 0.25) is 5.02 Å². The molecule has 1 rings (SSSR count). The Hall–Kier alpha value is -0.600. The second-order valence-corrected chi connectivity index (χ2v) is 5.56. The number of allylic oxidation sites excluding steroid dienone is 2. The van der Waals surface area contributed by atoms with Gasteiger partial charge in [-0.05, 0) is 46.0 Å². The van der Waals surface area contributed by atoms with Gasteiger partial charge in [0.2, 0.25) is 0 Å². The van der Waals surface area contributed by atoms with Crippen molar-refractivity contribution in [1.29, 1.82) is 0 Å². The van der Waals surface area contributed by atoms with Crippen LogP contribution in [0.4, 0.5) is 0 Å². The normalized spacial score (nSPS) is 12.6. The molecule has 92 valence electrons. The minimum Gasteiger partial charge on any atom is -0.292 e. The predicted octanol–water partition coefficient (Wildman–Crippen LogP) is 4.89. The second-order valence-electron chi connectivity index (χ2n) is 4.21. The topological polar surface area (TPSA) is 12.4 Å². The SMILES string of the molecule is CC(C)/C=C(Br)\C=N/CCc1ccc(Cl)cc1. The first kappa shape index (κ1) is 14.5. The predicted molar refractivity (Wildman–Crippen MR) is 80.4 cm³/mol. The molecule has 0 atom stereocenters. The van der Waals surface area contributed by atoms with Crippen LogP contribution >= 0.6 is 27.5 Å². The van der Waals surface area contributed by atoms with E-state index in [0.717, 1.165) is 22.5 Å². The summed E-state index contributed by atoms with van der Waals surface area (Å²) in [6, 6.07) is 7.90. The summed E-state index contributed by atoms with van der Waals surface area (Å²) in [4.78, 5) is 4.37. The fraction of sp³-hybridized carbons (Fsp3) is 0.357. The number of rotatable bonds is 5. The highest BCUT2D eigenvalue weighted by Crippen LogP contribution is 2.10. The van der Waals surface area contributed by atoms with Crippen LogP contribution in [0.5, 0.6) is 0 Å². The van der Waals surface area contributed by atoms with Crippen molar-refractivity contribution in [2.45, 2.75) is 20.3 Å². The fourth-order valence-corrected chi connectivity index (χ4v) is 2.16. The molecule has 0 spiro atoms. The summed E-state index contributed by atoms with van der Waals surface area (Å²) in [5, 5.41) is 0.778. The molecule has 0 saturated heterocycles. The van der Waals surface area contributed by atoms with Crippen molar-refractivity contribution in [3.8, 4) is 0 Å². The van der Waals surface area contributed by atoms with Crippen LogP contribution in [0, 0.1) is 5.92 Å². The van der Waals surface area contributed by atoms with E-state index in [9.17, 15) is 0 Å². The Morgan fingerprint density at radius 1 is 1.35 bits per heavy atom. The van der Waals surface area contributed by atoms with Crippen molar-refractivity contribution in [3.05, 3.63) is 45.4 Å². The first-order chi connectivity index (χ1) is 8.08. The van der Waals surface area contributed by atoms with Gasteiger partial charge in [-0.25, -0.2) is 0 Å². The van der Waals surface area contributed by atoms with Gasteiger partial charge in [-0.3, -0.25) is 4.99 Å². The largest absolute Gasteiger partial charge is 0.292 e. The number of aliphatic imine (C=N–C) groups is 1. The summed E-state index contributed by atoms with van der Waals surface area (Å²) >= 11 is 9.29. The van der Waals surface area contributed by atoms with Crippen LogP contribution in [0.3, 0.4) is 0 Å². The van der Waals surface area contributed by atoms with E-state index >= 15 is 0 Å². The Morgan fingerprint density at radius 2 is 2.00 bits per heavy atom. The third-order valence-corrected chi connectivity index (χ3v) is 2.87. The lowest BCUT2D eigenvalue weighted by atomic mass is 10.1. The molecule has 1 aromatic carbocycles. The van der Waals surface area contributed by atoms with Crippen molar-refractivity contribution >= 4 is 33.7 Å². The maximum absolute atomic E-state index is 5.82. The number of nitrogens with zero attached hydrogens (tertiary/aromatic N) is 1. The highest BCUT2D eigenvalue weighted by atomic mass is 79.9. The summed E-state index contributed by atoms with van der Waals surface area (Å²) in [5.74, 6) is 0.534. The lowest BCUT2D eigenvalue weighted by Gasteiger charge is -1.98. The molecule has 0 radical (unpaired) electrons. The highest BCUT2D eigenvalue weighted by molar-refractivity contribution is 9.12. The zero-order valence-corrected chi connectivity index (χ0v) is 12.5. The molecule has 0 heterocycles. The first-order valence-corrected chi connectivity index (χ1v) is 6.86. The molecule has 0 amide bonds. The van der Waals surface area contributed by atoms with E-state index in [1.54, 1.807) is 0 Å². The van der Waals surface area contributed by atoms with Crippen molar-refractivity contribution in [3.63, 3.8) is 0 Å². The molecule has 1 aromatic rings.